The second-order valence-corrected chi connectivity index (χ2v) is 5.34. The van der Waals surface area contributed by atoms with E-state index in [0.717, 1.165) is 19.3 Å². The van der Waals surface area contributed by atoms with E-state index in [1.165, 1.54) is 0 Å². The van der Waals surface area contributed by atoms with Crippen LogP contribution in [0.2, 0.25) is 10.0 Å². The Morgan fingerprint density at radius 2 is 2.17 bits per heavy atom. The summed E-state index contributed by atoms with van der Waals surface area (Å²) in [5.41, 5.74) is 0.382. The molecule has 0 bridgehead atoms. The highest BCUT2D eigenvalue weighted by Gasteiger charge is 2.28. The second-order valence-electron chi connectivity index (χ2n) is 4.55. The molecule has 0 saturated heterocycles. The highest BCUT2D eigenvalue weighted by Crippen LogP contribution is 2.28. The number of nitrogens with one attached hydrogen (secondary N) is 1. The van der Waals surface area contributed by atoms with E-state index in [1.807, 2.05) is 0 Å². The Labute approximate surface area is 116 Å². The summed E-state index contributed by atoms with van der Waals surface area (Å²) >= 11 is 11.9. The second kappa shape index (κ2) is 5.91. The first-order chi connectivity index (χ1) is 8.63. The van der Waals surface area contributed by atoms with Crippen LogP contribution in [0.1, 0.15) is 29.6 Å². The summed E-state index contributed by atoms with van der Waals surface area (Å²) in [5, 5.41) is 12.8. The van der Waals surface area contributed by atoms with Gasteiger partial charge in [0.2, 0.25) is 0 Å². The molecule has 3 nitrogen and oxygen atoms in total. The molecule has 18 heavy (non-hydrogen) atoms. The van der Waals surface area contributed by atoms with Crippen LogP contribution in [0.5, 0.6) is 0 Å². The van der Waals surface area contributed by atoms with E-state index in [9.17, 15) is 9.90 Å². The number of benzene rings is 1. The molecular weight excluding hydrogens is 273 g/mol. The van der Waals surface area contributed by atoms with Gasteiger partial charge in [-0.05, 0) is 25.0 Å². The van der Waals surface area contributed by atoms with E-state index in [2.05, 4.69) is 5.32 Å². The fourth-order valence-corrected chi connectivity index (χ4v) is 2.76. The minimum atomic E-state index is -0.229. The summed E-state index contributed by atoms with van der Waals surface area (Å²) in [7, 11) is 0. The van der Waals surface area contributed by atoms with Gasteiger partial charge in [-0.2, -0.15) is 0 Å². The first-order valence-electron chi connectivity index (χ1n) is 5.99. The normalized spacial score (nSPS) is 23.1. The zero-order chi connectivity index (χ0) is 13.1. The Morgan fingerprint density at radius 1 is 1.39 bits per heavy atom. The molecule has 0 heterocycles. The minimum absolute atomic E-state index is 0.0255. The lowest BCUT2D eigenvalue weighted by Gasteiger charge is -2.19. The molecule has 5 heteroatoms. The molecule has 1 aromatic rings. The predicted molar refractivity (Wildman–Crippen MR) is 72.1 cm³/mol. The molecule has 2 atom stereocenters. The van der Waals surface area contributed by atoms with Crippen molar-refractivity contribution in [2.75, 3.05) is 6.61 Å². The van der Waals surface area contributed by atoms with Crippen LogP contribution in [-0.4, -0.2) is 23.7 Å². The maximum absolute atomic E-state index is 12.1. The van der Waals surface area contributed by atoms with Gasteiger partial charge in [0.1, 0.15) is 0 Å². The van der Waals surface area contributed by atoms with Gasteiger partial charge in [0.25, 0.3) is 5.91 Å². The fourth-order valence-electron chi connectivity index (χ4n) is 2.37. The molecule has 98 valence electrons. The maximum atomic E-state index is 12.1. The quantitative estimate of drug-likeness (QED) is 0.898. The van der Waals surface area contributed by atoms with Gasteiger partial charge in [0.05, 0.1) is 15.6 Å². The smallest absolute Gasteiger partial charge is 0.253 e. The number of aliphatic hydroxyl groups excluding tert-OH is 1. The molecule has 2 unspecified atom stereocenters. The highest BCUT2D eigenvalue weighted by atomic mass is 35.5. The fraction of sp³-hybridized carbons (Fsp3) is 0.462. The molecule has 2 rings (SSSR count). The van der Waals surface area contributed by atoms with E-state index >= 15 is 0 Å². The topological polar surface area (TPSA) is 49.3 Å². The summed E-state index contributed by atoms with van der Waals surface area (Å²) in [6, 6.07) is 5.01. The molecule has 1 amide bonds. The summed E-state index contributed by atoms with van der Waals surface area (Å²) in [6.45, 7) is 0.105. The molecular formula is C13H15Cl2NO2. The Kier molecular flexibility index (Phi) is 4.49. The van der Waals surface area contributed by atoms with Crippen molar-refractivity contribution in [3.63, 3.8) is 0 Å². The maximum Gasteiger partial charge on any atom is 0.253 e. The van der Waals surface area contributed by atoms with Crippen molar-refractivity contribution >= 4 is 29.1 Å². The number of hydrogen-bond donors (Lipinski definition) is 2. The zero-order valence-corrected chi connectivity index (χ0v) is 11.3. The minimum Gasteiger partial charge on any atom is -0.396 e. The van der Waals surface area contributed by atoms with E-state index < -0.39 is 0 Å². The number of aliphatic hydroxyl groups is 1. The monoisotopic (exact) mass is 287 g/mol. The van der Waals surface area contributed by atoms with Gasteiger partial charge in [-0.25, -0.2) is 0 Å². The highest BCUT2D eigenvalue weighted by molar-refractivity contribution is 6.43. The third-order valence-electron chi connectivity index (χ3n) is 3.41. The lowest BCUT2D eigenvalue weighted by atomic mass is 10.0. The van der Waals surface area contributed by atoms with Crippen molar-refractivity contribution in [2.24, 2.45) is 5.92 Å². The van der Waals surface area contributed by atoms with Crippen molar-refractivity contribution in [3.05, 3.63) is 33.8 Å². The van der Waals surface area contributed by atoms with Crippen LogP contribution >= 0.6 is 23.2 Å². The van der Waals surface area contributed by atoms with E-state index in [-0.39, 0.29) is 29.5 Å². The average molecular weight is 288 g/mol. The van der Waals surface area contributed by atoms with Crippen molar-refractivity contribution in [3.8, 4) is 0 Å². The van der Waals surface area contributed by atoms with Crippen molar-refractivity contribution in [1.82, 2.24) is 5.32 Å². The van der Waals surface area contributed by atoms with Crippen LogP contribution in [0.15, 0.2) is 18.2 Å². The molecule has 0 aliphatic heterocycles. The first kappa shape index (κ1) is 13.7. The van der Waals surface area contributed by atoms with Gasteiger partial charge in [0.15, 0.2) is 0 Å². The van der Waals surface area contributed by atoms with Gasteiger partial charge in [0, 0.05) is 18.6 Å². The molecule has 1 saturated carbocycles. The third kappa shape index (κ3) is 2.79. The van der Waals surface area contributed by atoms with Crippen molar-refractivity contribution in [2.45, 2.75) is 25.3 Å². The predicted octanol–water partition coefficient (Wildman–Crippen LogP) is 2.88. The Morgan fingerprint density at radius 3 is 2.89 bits per heavy atom. The first-order valence-corrected chi connectivity index (χ1v) is 6.75. The van der Waals surface area contributed by atoms with Crippen LogP contribution in [-0.2, 0) is 0 Å². The lowest BCUT2D eigenvalue weighted by molar-refractivity contribution is 0.0916. The van der Waals surface area contributed by atoms with Crippen LogP contribution in [0.4, 0.5) is 0 Å². The Hall–Kier alpha value is -0.770. The number of carbonyl (C=O) groups is 1. The van der Waals surface area contributed by atoms with E-state index in [4.69, 9.17) is 23.2 Å². The van der Waals surface area contributed by atoms with Crippen molar-refractivity contribution in [1.29, 1.82) is 0 Å². The van der Waals surface area contributed by atoms with E-state index in [0.29, 0.717) is 10.6 Å². The molecule has 1 aromatic carbocycles. The van der Waals surface area contributed by atoms with Gasteiger partial charge >= 0.3 is 0 Å². The Balaban J connectivity index is 2.10. The number of rotatable bonds is 3. The van der Waals surface area contributed by atoms with Crippen LogP contribution < -0.4 is 5.32 Å². The molecule has 1 aliphatic carbocycles. The summed E-state index contributed by atoms with van der Waals surface area (Å²) in [4.78, 5) is 12.1. The van der Waals surface area contributed by atoms with Gasteiger partial charge in [-0.3, -0.25) is 4.79 Å². The molecule has 0 aromatic heterocycles. The zero-order valence-electron chi connectivity index (χ0n) is 9.83. The molecule has 1 fully saturated rings. The van der Waals surface area contributed by atoms with Gasteiger partial charge in [-0.15, -0.1) is 0 Å². The lowest BCUT2D eigenvalue weighted by Crippen LogP contribution is -2.38. The van der Waals surface area contributed by atoms with Gasteiger partial charge in [-0.1, -0.05) is 35.7 Å². The average Bonchev–Trinajstić information content (AvgIpc) is 2.79. The molecule has 0 radical (unpaired) electrons. The molecule has 1 aliphatic rings. The number of amides is 1. The summed E-state index contributed by atoms with van der Waals surface area (Å²) in [5.74, 6) is -0.0836. The van der Waals surface area contributed by atoms with Crippen LogP contribution in [0.3, 0.4) is 0 Å². The van der Waals surface area contributed by atoms with Gasteiger partial charge < -0.3 is 10.4 Å². The summed E-state index contributed by atoms with van der Waals surface area (Å²) in [6.07, 6.45) is 2.87. The standard InChI is InChI=1S/C13H15Cl2NO2/c14-10-5-2-4-9(12(10)15)13(18)16-11-6-1-3-8(11)7-17/h2,4-5,8,11,17H,1,3,6-7H2,(H,16,18). The number of carbonyl (C=O) groups excluding carboxylic acids is 1. The number of halogens is 2. The number of hydrogen-bond acceptors (Lipinski definition) is 2. The summed E-state index contributed by atoms with van der Waals surface area (Å²) < 4.78 is 0. The Bertz CT molecular complexity index is 451. The third-order valence-corrected chi connectivity index (χ3v) is 4.23. The van der Waals surface area contributed by atoms with Crippen LogP contribution in [0.25, 0.3) is 0 Å². The largest absolute Gasteiger partial charge is 0.396 e. The van der Waals surface area contributed by atoms with E-state index in [1.54, 1.807) is 18.2 Å². The molecule has 2 N–H and O–H groups in total. The van der Waals surface area contributed by atoms with Crippen LogP contribution in [0, 0.1) is 5.92 Å². The molecule has 0 spiro atoms. The van der Waals surface area contributed by atoms with Crippen molar-refractivity contribution < 1.29 is 9.90 Å². The SMILES string of the molecule is O=C(NC1CCCC1CO)c1cccc(Cl)c1Cl.